The van der Waals surface area contributed by atoms with Gasteiger partial charge in [0, 0.05) is 18.7 Å². The van der Waals surface area contributed by atoms with Crippen LogP contribution in [0.3, 0.4) is 0 Å². The third kappa shape index (κ3) is 5.60. The van der Waals surface area contributed by atoms with Crippen LogP contribution in [0.1, 0.15) is 5.56 Å². The van der Waals surface area contributed by atoms with E-state index in [0.29, 0.717) is 16.3 Å². The summed E-state index contributed by atoms with van der Waals surface area (Å²) in [4.78, 5) is 12.0. The van der Waals surface area contributed by atoms with Crippen molar-refractivity contribution >= 4 is 45.3 Å². The van der Waals surface area contributed by atoms with Gasteiger partial charge in [-0.15, -0.1) is 0 Å². The van der Waals surface area contributed by atoms with E-state index in [2.05, 4.69) is 10.5 Å². The van der Waals surface area contributed by atoms with Crippen molar-refractivity contribution in [1.29, 1.82) is 0 Å². The quantitative estimate of drug-likeness (QED) is 0.483. The average molecular weight is 460 g/mol. The van der Waals surface area contributed by atoms with Gasteiger partial charge in [-0.25, -0.2) is 13.8 Å². The van der Waals surface area contributed by atoms with E-state index in [-0.39, 0.29) is 15.7 Å². The van der Waals surface area contributed by atoms with Crippen molar-refractivity contribution in [3.05, 3.63) is 52.0 Å². The Morgan fingerprint density at radius 3 is 2.59 bits per heavy atom. The highest BCUT2D eigenvalue weighted by Gasteiger charge is 2.27. The summed E-state index contributed by atoms with van der Waals surface area (Å²) >= 11 is 11.9. The van der Waals surface area contributed by atoms with Crippen LogP contribution in [0.4, 0.5) is 0 Å². The zero-order chi connectivity index (χ0) is 21.6. The van der Waals surface area contributed by atoms with Crippen molar-refractivity contribution in [2.45, 2.75) is 4.90 Å². The molecule has 0 unspecified atom stereocenters. The van der Waals surface area contributed by atoms with Crippen molar-refractivity contribution < 1.29 is 22.7 Å². The topological polar surface area (TPSA) is 97.3 Å². The maximum atomic E-state index is 12.8. The first kappa shape index (κ1) is 23.0. The van der Waals surface area contributed by atoms with Crippen LogP contribution in [-0.4, -0.2) is 52.7 Å². The molecule has 0 aliphatic rings. The van der Waals surface area contributed by atoms with Gasteiger partial charge in [0.15, 0.2) is 0 Å². The number of nitrogens with zero attached hydrogens (tertiary/aromatic N) is 2. The second kappa shape index (κ2) is 9.93. The molecule has 0 saturated heterocycles. The minimum absolute atomic E-state index is 0.121. The molecule has 8 nitrogen and oxygen atoms in total. The van der Waals surface area contributed by atoms with E-state index in [1.54, 1.807) is 24.3 Å². The first-order chi connectivity index (χ1) is 13.7. The van der Waals surface area contributed by atoms with Gasteiger partial charge in [0.05, 0.1) is 37.0 Å². The van der Waals surface area contributed by atoms with Gasteiger partial charge >= 0.3 is 0 Å². The lowest BCUT2D eigenvalue weighted by Gasteiger charge is -2.18. The van der Waals surface area contributed by atoms with E-state index < -0.39 is 22.5 Å². The molecule has 2 rings (SSSR count). The van der Waals surface area contributed by atoms with Gasteiger partial charge in [-0.1, -0.05) is 35.3 Å². The molecular weight excluding hydrogens is 441 g/mol. The highest BCUT2D eigenvalue weighted by Crippen LogP contribution is 2.30. The standard InChI is InChI=1S/C18H19Cl2N3O5S/c1-23(29(25,26)16-9-13(27-2)7-8-15(16)28-3)11-17(24)22-21-10-12-5-4-6-14(19)18(12)20/h4-10H,11H2,1-3H3,(H,22,24). The molecular formula is C18H19Cl2N3O5S. The van der Waals surface area contributed by atoms with E-state index in [4.69, 9.17) is 32.7 Å². The number of ether oxygens (including phenoxy) is 2. The second-order valence-electron chi connectivity index (χ2n) is 5.71. The van der Waals surface area contributed by atoms with Gasteiger partial charge in [-0.3, -0.25) is 4.79 Å². The lowest BCUT2D eigenvalue weighted by atomic mass is 10.2. The summed E-state index contributed by atoms with van der Waals surface area (Å²) in [6.07, 6.45) is 1.31. The Kier molecular flexibility index (Phi) is 7.86. The largest absolute Gasteiger partial charge is 0.497 e. The fraction of sp³-hybridized carbons (Fsp3) is 0.222. The van der Waals surface area contributed by atoms with Crippen molar-refractivity contribution in [3.8, 4) is 11.5 Å². The van der Waals surface area contributed by atoms with Gasteiger partial charge in [0.1, 0.15) is 16.4 Å². The summed E-state index contributed by atoms with van der Waals surface area (Å²) in [6, 6.07) is 9.32. The molecule has 0 atom stereocenters. The van der Waals surface area contributed by atoms with Crippen LogP contribution in [0.25, 0.3) is 0 Å². The van der Waals surface area contributed by atoms with Crippen molar-refractivity contribution in [2.75, 3.05) is 27.8 Å². The van der Waals surface area contributed by atoms with E-state index in [9.17, 15) is 13.2 Å². The number of carbonyl (C=O) groups is 1. The zero-order valence-corrected chi connectivity index (χ0v) is 18.2. The summed E-state index contributed by atoms with van der Waals surface area (Å²) in [5.41, 5.74) is 2.75. The molecule has 0 heterocycles. The second-order valence-corrected chi connectivity index (χ2v) is 8.51. The maximum Gasteiger partial charge on any atom is 0.255 e. The summed E-state index contributed by atoms with van der Waals surface area (Å²) < 4.78 is 36.7. The highest BCUT2D eigenvalue weighted by atomic mass is 35.5. The monoisotopic (exact) mass is 459 g/mol. The summed E-state index contributed by atoms with van der Waals surface area (Å²) in [5, 5.41) is 4.41. The maximum absolute atomic E-state index is 12.8. The van der Waals surface area contributed by atoms with Crippen LogP contribution in [0, 0.1) is 0 Å². The van der Waals surface area contributed by atoms with E-state index >= 15 is 0 Å². The van der Waals surface area contributed by atoms with E-state index in [0.717, 1.165) is 4.31 Å². The Balaban J connectivity index is 2.10. The molecule has 0 bridgehead atoms. The van der Waals surface area contributed by atoms with Crippen LogP contribution in [0.2, 0.25) is 10.0 Å². The summed E-state index contributed by atoms with van der Waals surface area (Å²) in [7, 11) is 0.0140. The van der Waals surface area contributed by atoms with Crippen LogP contribution in [0.15, 0.2) is 46.4 Å². The molecule has 0 spiro atoms. The number of nitrogens with one attached hydrogen (secondary N) is 1. The van der Waals surface area contributed by atoms with Crippen LogP contribution >= 0.6 is 23.2 Å². The molecule has 2 aromatic carbocycles. The zero-order valence-electron chi connectivity index (χ0n) is 15.8. The number of hydrazone groups is 1. The molecule has 0 aromatic heterocycles. The van der Waals surface area contributed by atoms with Crippen LogP contribution < -0.4 is 14.9 Å². The van der Waals surface area contributed by atoms with Gasteiger partial charge in [0.25, 0.3) is 5.91 Å². The van der Waals surface area contributed by atoms with E-state index in [1.165, 1.54) is 39.6 Å². The molecule has 1 amide bonds. The summed E-state index contributed by atoms with van der Waals surface area (Å²) in [5.74, 6) is -0.177. The van der Waals surface area contributed by atoms with Gasteiger partial charge < -0.3 is 9.47 Å². The van der Waals surface area contributed by atoms with Gasteiger partial charge in [-0.2, -0.15) is 9.41 Å². The number of hydrogen-bond acceptors (Lipinski definition) is 6. The lowest BCUT2D eigenvalue weighted by Crippen LogP contribution is -2.36. The van der Waals surface area contributed by atoms with Crippen molar-refractivity contribution in [2.24, 2.45) is 5.10 Å². The Morgan fingerprint density at radius 1 is 1.21 bits per heavy atom. The molecule has 156 valence electrons. The molecule has 0 radical (unpaired) electrons. The number of rotatable bonds is 8. The lowest BCUT2D eigenvalue weighted by molar-refractivity contribution is -0.121. The normalized spacial score (nSPS) is 11.7. The Labute approximate surface area is 179 Å². The smallest absolute Gasteiger partial charge is 0.255 e. The van der Waals surface area contributed by atoms with Gasteiger partial charge in [-0.05, 0) is 18.2 Å². The first-order valence-electron chi connectivity index (χ1n) is 8.15. The number of likely N-dealkylation sites (N-methyl/N-ethyl adjacent to an activating group) is 1. The Hall–Kier alpha value is -2.33. The van der Waals surface area contributed by atoms with Gasteiger partial charge in [0.2, 0.25) is 10.0 Å². The molecule has 0 saturated carbocycles. The highest BCUT2D eigenvalue weighted by molar-refractivity contribution is 7.89. The van der Waals surface area contributed by atoms with Crippen molar-refractivity contribution in [3.63, 3.8) is 0 Å². The molecule has 0 fully saturated rings. The fourth-order valence-electron chi connectivity index (χ4n) is 2.27. The van der Waals surface area contributed by atoms with Crippen molar-refractivity contribution in [1.82, 2.24) is 9.73 Å². The number of halogens is 2. The minimum Gasteiger partial charge on any atom is -0.497 e. The third-order valence-corrected chi connectivity index (χ3v) is 6.46. The van der Waals surface area contributed by atoms with E-state index in [1.807, 2.05) is 0 Å². The number of hydrogen-bond donors (Lipinski definition) is 1. The number of benzene rings is 2. The van der Waals surface area contributed by atoms with Crippen LogP contribution in [0.5, 0.6) is 11.5 Å². The molecule has 0 aliphatic heterocycles. The number of methoxy groups -OCH3 is 2. The number of sulfonamides is 1. The Bertz CT molecular complexity index is 1030. The third-order valence-electron chi connectivity index (χ3n) is 3.80. The van der Waals surface area contributed by atoms with Crippen LogP contribution in [-0.2, 0) is 14.8 Å². The Morgan fingerprint density at radius 2 is 1.93 bits per heavy atom. The molecule has 0 aliphatic carbocycles. The molecule has 2 aromatic rings. The number of amides is 1. The molecule has 11 heteroatoms. The average Bonchev–Trinajstić information content (AvgIpc) is 2.70. The SMILES string of the molecule is COc1ccc(OC)c(S(=O)(=O)N(C)CC(=O)NN=Cc2cccc(Cl)c2Cl)c1. The molecule has 29 heavy (non-hydrogen) atoms. The first-order valence-corrected chi connectivity index (χ1v) is 10.3. The fourth-order valence-corrected chi connectivity index (χ4v) is 3.92. The minimum atomic E-state index is -4.02. The molecule has 1 N–H and O–H groups in total. The summed E-state index contributed by atoms with van der Waals surface area (Å²) in [6.45, 7) is -0.469. The predicted molar refractivity (Wildman–Crippen MR) is 112 cm³/mol. The predicted octanol–water partition coefficient (Wildman–Crippen LogP) is 2.78. The number of carbonyl (C=O) groups excluding carboxylic acids is 1.